The normalized spacial score (nSPS) is 52.9. The third-order valence-electron chi connectivity index (χ3n) is 4.35. The lowest BCUT2D eigenvalue weighted by molar-refractivity contribution is -0.125. The van der Waals surface area contributed by atoms with E-state index in [9.17, 15) is 4.79 Å². The highest BCUT2D eigenvalue weighted by molar-refractivity contribution is 5.87. The lowest BCUT2D eigenvalue weighted by Crippen LogP contribution is -2.31. The Kier molecular flexibility index (Phi) is 1.47. The summed E-state index contributed by atoms with van der Waals surface area (Å²) < 4.78 is 0. The lowest BCUT2D eigenvalue weighted by atomic mass is 9.65. The van der Waals surface area contributed by atoms with Crippen LogP contribution < -0.4 is 0 Å². The van der Waals surface area contributed by atoms with E-state index in [4.69, 9.17) is 0 Å². The molecular formula is C11H18O. The molecule has 0 aromatic heterocycles. The van der Waals surface area contributed by atoms with Crippen molar-refractivity contribution in [1.29, 1.82) is 0 Å². The summed E-state index contributed by atoms with van der Waals surface area (Å²) in [6, 6.07) is 0. The molecule has 2 aliphatic rings. The van der Waals surface area contributed by atoms with E-state index in [1.165, 1.54) is 6.42 Å². The molecule has 0 aromatic carbocycles. The molecule has 2 unspecified atom stereocenters. The van der Waals surface area contributed by atoms with E-state index in [0.717, 1.165) is 25.2 Å². The van der Waals surface area contributed by atoms with E-state index < -0.39 is 0 Å². The van der Waals surface area contributed by atoms with Gasteiger partial charge in [-0.3, -0.25) is 4.79 Å². The molecule has 3 atom stereocenters. The molecule has 0 N–H and O–H groups in total. The number of rotatable bonds is 0. The summed E-state index contributed by atoms with van der Waals surface area (Å²) in [5.74, 6) is 1.27. The van der Waals surface area contributed by atoms with Crippen molar-refractivity contribution >= 4 is 5.78 Å². The fourth-order valence-electron chi connectivity index (χ4n) is 3.09. The van der Waals surface area contributed by atoms with Crippen LogP contribution in [0.1, 0.15) is 46.5 Å². The minimum absolute atomic E-state index is 0.0568. The summed E-state index contributed by atoms with van der Waals surface area (Å²) >= 11 is 0. The molecule has 0 amide bonds. The first-order valence-corrected chi connectivity index (χ1v) is 5.00. The van der Waals surface area contributed by atoms with E-state index >= 15 is 0 Å². The van der Waals surface area contributed by atoms with Crippen LogP contribution in [-0.4, -0.2) is 5.78 Å². The molecule has 2 fully saturated rings. The van der Waals surface area contributed by atoms with Crippen LogP contribution in [0.25, 0.3) is 0 Å². The van der Waals surface area contributed by atoms with Crippen molar-refractivity contribution in [1.82, 2.24) is 0 Å². The Morgan fingerprint density at radius 1 is 1.42 bits per heavy atom. The van der Waals surface area contributed by atoms with Crippen molar-refractivity contribution in [3.63, 3.8) is 0 Å². The molecule has 0 spiro atoms. The van der Waals surface area contributed by atoms with Gasteiger partial charge in [-0.2, -0.15) is 0 Å². The van der Waals surface area contributed by atoms with E-state index in [2.05, 4.69) is 20.8 Å². The van der Waals surface area contributed by atoms with E-state index in [0.29, 0.717) is 11.2 Å². The summed E-state index contributed by atoms with van der Waals surface area (Å²) in [5, 5.41) is 0. The smallest absolute Gasteiger partial charge is 0.139 e. The van der Waals surface area contributed by atoms with Gasteiger partial charge in [-0.1, -0.05) is 20.8 Å². The van der Waals surface area contributed by atoms with Crippen LogP contribution >= 0.6 is 0 Å². The van der Waals surface area contributed by atoms with Crippen molar-refractivity contribution < 1.29 is 4.79 Å². The molecule has 0 radical (unpaired) electrons. The second kappa shape index (κ2) is 2.12. The van der Waals surface area contributed by atoms with Crippen molar-refractivity contribution in [2.45, 2.75) is 46.5 Å². The van der Waals surface area contributed by atoms with Gasteiger partial charge >= 0.3 is 0 Å². The third-order valence-corrected chi connectivity index (χ3v) is 4.35. The van der Waals surface area contributed by atoms with Crippen LogP contribution in [-0.2, 0) is 4.79 Å². The largest absolute Gasteiger partial charge is 0.299 e. The minimum atomic E-state index is 0.0568. The zero-order valence-corrected chi connectivity index (χ0v) is 8.31. The lowest BCUT2D eigenvalue weighted by Gasteiger charge is -2.38. The van der Waals surface area contributed by atoms with Gasteiger partial charge < -0.3 is 0 Å². The van der Waals surface area contributed by atoms with Crippen LogP contribution in [0.5, 0.6) is 0 Å². The minimum Gasteiger partial charge on any atom is -0.299 e. The maximum absolute atomic E-state index is 11.7. The fraction of sp³-hybridized carbons (Fsp3) is 0.909. The Hall–Kier alpha value is -0.330. The van der Waals surface area contributed by atoms with Crippen molar-refractivity contribution in [2.24, 2.45) is 16.7 Å². The first-order chi connectivity index (χ1) is 5.46. The predicted octanol–water partition coefficient (Wildman–Crippen LogP) is 2.79. The Balaban J connectivity index is 2.34. The Labute approximate surface area is 74.5 Å². The molecule has 2 aliphatic carbocycles. The average molecular weight is 166 g/mol. The van der Waals surface area contributed by atoms with Crippen molar-refractivity contribution in [3.05, 3.63) is 0 Å². The van der Waals surface area contributed by atoms with E-state index in [-0.39, 0.29) is 5.41 Å². The molecule has 2 bridgehead atoms. The van der Waals surface area contributed by atoms with E-state index in [1.807, 2.05) is 0 Å². The van der Waals surface area contributed by atoms with Crippen LogP contribution in [0.3, 0.4) is 0 Å². The van der Waals surface area contributed by atoms with Gasteiger partial charge in [-0.05, 0) is 30.6 Å². The monoisotopic (exact) mass is 166 g/mol. The summed E-state index contributed by atoms with van der Waals surface area (Å²) in [6.07, 6.45) is 4.35. The molecule has 0 aromatic rings. The summed E-state index contributed by atoms with van der Waals surface area (Å²) in [4.78, 5) is 11.7. The summed E-state index contributed by atoms with van der Waals surface area (Å²) in [7, 11) is 0. The van der Waals surface area contributed by atoms with Gasteiger partial charge in [0, 0.05) is 11.8 Å². The zero-order valence-electron chi connectivity index (χ0n) is 8.31. The topological polar surface area (TPSA) is 17.1 Å². The third kappa shape index (κ3) is 0.884. The first-order valence-electron chi connectivity index (χ1n) is 5.00. The second-order valence-corrected chi connectivity index (χ2v) is 5.43. The van der Waals surface area contributed by atoms with Gasteiger partial charge in [-0.15, -0.1) is 0 Å². The SMILES string of the molecule is C[C@@H]1CCC2(C)CC1(C)CC2=O. The molecule has 12 heavy (non-hydrogen) atoms. The number of ketones is 1. The summed E-state index contributed by atoms with van der Waals surface area (Å²) in [5.41, 5.74) is 0.394. The maximum atomic E-state index is 11.7. The highest BCUT2D eigenvalue weighted by atomic mass is 16.1. The Bertz CT molecular complexity index is 233. The number of carbonyl (C=O) groups is 1. The standard InChI is InChI=1S/C11H18O/c1-8-4-5-10(2)7-11(8,3)6-9(10)12/h8H,4-7H2,1-3H3/t8-,10?,11?/m1/s1. The molecule has 2 saturated carbocycles. The summed E-state index contributed by atoms with van der Waals surface area (Å²) in [6.45, 7) is 6.75. The number of Topliss-reactive ketones (excluding diaryl/α,β-unsaturated/α-hetero) is 1. The fourth-order valence-corrected chi connectivity index (χ4v) is 3.09. The van der Waals surface area contributed by atoms with Gasteiger partial charge in [0.1, 0.15) is 5.78 Å². The number of carbonyl (C=O) groups excluding carboxylic acids is 1. The quantitative estimate of drug-likeness (QED) is 0.541. The molecular weight excluding hydrogens is 148 g/mol. The molecule has 2 rings (SSSR count). The highest BCUT2D eigenvalue weighted by Crippen LogP contribution is 2.58. The molecule has 0 heterocycles. The number of hydrogen-bond acceptors (Lipinski definition) is 1. The van der Waals surface area contributed by atoms with Crippen LogP contribution in [0.2, 0.25) is 0 Å². The van der Waals surface area contributed by atoms with Crippen LogP contribution in [0.15, 0.2) is 0 Å². The number of hydrogen-bond donors (Lipinski definition) is 0. The Morgan fingerprint density at radius 3 is 2.67 bits per heavy atom. The predicted molar refractivity (Wildman–Crippen MR) is 48.9 cm³/mol. The van der Waals surface area contributed by atoms with Crippen molar-refractivity contribution in [2.75, 3.05) is 0 Å². The molecule has 0 saturated heterocycles. The Morgan fingerprint density at radius 2 is 2.08 bits per heavy atom. The van der Waals surface area contributed by atoms with E-state index in [1.54, 1.807) is 0 Å². The molecule has 1 nitrogen and oxygen atoms in total. The first kappa shape index (κ1) is 8.28. The molecule has 1 heteroatoms. The molecule has 0 aliphatic heterocycles. The van der Waals surface area contributed by atoms with Gasteiger partial charge in [-0.25, -0.2) is 0 Å². The van der Waals surface area contributed by atoms with Gasteiger partial charge in [0.2, 0.25) is 0 Å². The molecule has 68 valence electrons. The second-order valence-electron chi connectivity index (χ2n) is 5.43. The number of fused-ring (bicyclic) bond motifs is 2. The van der Waals surface area contributed by atoms with Gasteiger partial charge in [0.25, 0.3) is 0 Å². The zero-order chi connectivity index (χ0) is 8.98. The highest BCUT2D eigenvalue weighted by Gasteiger charge is 2.54. The van der Waals surface area contributed by atoms with Crippen LogP contribution in [0, 0.1) is 16.7 Å². The average Bonchev–Trinajstić information content (AvgIpc) is 2.15. The van der Waals surface area contributed by atoms with Gasteiger partial charge in [0.05, 0.1) is 0 Å². The van der Waals surface area contributed by atoms with Gasteiger partial charge in [0.15, 0.2) is 0 Å². The van der Waals surface area contributed by atoms with Crippen molar-refractivity contribution in [3.8, 4) is 0 Å². The maximum Gasteiger partial charge on any atom is 0.139 e. The van der Waals surface area contributed by atoms with Crippen LogP contribution in [0.4, 0.5) is 0 Å².